The summed E-state index contributed by atoms with van der Waals surface area (Å²) in [6.07, 6.45) is 0. The molecule has 1 N–H and O–H groups in total. The Hall–Kier alpha value is -0.960. The van der Waals surface area contributed by atoms with Gasteiger partial charge in [-0.1, -0.05) is 42.1 Å². The van der Waals surface area contributed by atoms with Gasteiger partial charge < -0.3 is 0 Å². The quantitative estimate of drug-likeness (QED) is 0.714. The number of benzene rings is 1. The Morgan fingerprint density at radius 3 is 2.67 bits per heavy atom. The van der Waals surface area contributed by atoms with Crippen LogP contribution in [-0.2, 0) is 0 Å². The van der Waals surface area contributed by atoms with Crippen molar-refractivity contribution in [3.05, 3.63) is 35.9 Å². The van der Waals surface area contributed by atoms with Crippen molar-refractivity contribution < 1.29 is 0 Å². The van der Waals surface area contributed by atoms with Crippen LogP contribution in [0.2, 0.25) is 0 Å². The summed E-state index contributed by atoms with van der Waals surface area (Å²) in [5, 5.41) is 5.54. The van der Waals surface area contributed by atoms with Crippen molar-refractivity contribution in [3.8, 4) is 0 Å². The molecule has 3 heteroatoms. The molecule has 0 spiro atoms. The monoisotopic (exact) mass is 178 g/mol. The van der Waals surface area contributed by atoms with Crippen LogP contribution < -0.4 is 5.43 Å². The first-order valence-corrected chi connectivity index (χ1v) is 4.75. The molecule has 1 aromatic carbocycles. The van der Waals surface area contributed by atoms with Crippen LogP contribution in [0.5, 0.6) is 0 Å². The van der Waals surface area contributed by atoms with E-state index < -0.39 is 0 Å². The minimum absolute atomic E-state index is 0.311. The van der Waals surface area contributed by atoms with Crippen LogP contribution in [-0.4, -0.2) is 5.04 Å². The fourth-order valence-corrected chi connectivity index (χ4v) is 1.99. The number of hydrazone groups is 1. The molecule has 1 aliphatic heterocycles. The summed E-state index contributed by atoms with van der Waals surface area (Å²) >= 11 is 1.76. The molecule has 2 nitrogen and oxygen atoms in total. The Morgan fingerprint density at radius 2 is 2.08 bits per heavy atom. The highest BCUT2D eigenvalue weighted by Crippen LogP contribution is 2.30. The van der Waals surface area contributed by atoms with E-state index in [9.17, 15) is 0 Å². The summed E-state index contributed by atoms with van der Waals surface area (Å²) in [5.74, 6) is 0. The van der Waals surface area contributed by atoms with Crippen molar-refractivity contribution in [1.82, 2.24) is 5.43 Å². The number of nitrogens with one attached hydrogen (secondary N) is 1. The fourth-order valence-electron chi connectivity index (χ4n) is 1.14. The van der Waals surface area contributed by atoms with Crippen LogP contribution in [0.4, 0.5) is 0 Å². The highest BCUT2D eigenvalue weighted by Gasteiger charge is 2.16. The Kier molecular flexibility index (Phi) is 2.04. The van der Waals surface area contributed by atoms with E-state index in [1.165, 1.54) is 5.56 Å². The van der Waals surface area contributed by atoms with Gasteiger partial charge in [-0.25, -0.2) is 0 Å². The maximum Gasteiger partial charge on any atom is 0.120 e. The lowest BCUT2D eigenvalue weighted by Gasteiger charge is -2.07. The molecule has 0 saturated heterocycles. The first-order valence-electron chi connectivity index (χ1n) is 3.88. The highest BCUT2D eigenvalue weighted by atomic mass is 32.2. The largest absolute Gasteiger partial charge is 0.291 e. The van der Waals surface area contributed by atoms with E-state index in [4.69, 9.17) is 0 Å². The smallest absolute Gasteiger partial charge is 0.120 e. The van der Waals surface area contributed by atoms with Gasteiger partial charge in [0, 0.05) is 0 Å². The van der Waals surface area contributed by atoms with E-state index in [1.807, 2.05) is 25.1 Å². The molecule has 1 unspecified atom stereocenters. The molecule has 12 heavy (non-hydrogen) atoms. The van der Waals surface area contributed by atoms with Crippen LogP contribution in [0.1, 0.15) is 17.9 Å². The topological polar surface area (TPSA) is 24.4 Å². The van der Waals surface area contributed by atoms with Crippen LogP contribution in [0.15, 0.2) is 35.4 Å². The SMILES string of the molecule is CC1=NNC(c2ccccc2)S1. The van der Waals surface area contributed by atoms with E-state index in [0.717, 1.165) is 5.04 Å². The Bertz CT molecular complexity index is 295. The molecule has 0 saturated carbocycles. The molecule has 0 aromatic heterocycles. The molecule has 1 aliphatic rings. The molecular weight excluding hydrogens is 168 g/mol. The van der Waals surface area contributed by atoms with Gasteiger partial charge in [0.15, 0.2) is 0 Å². The third-order valence-corrected chi connectivity index (χ3v) is 2.78. The number of hydrogen-bond donors (Lipinski definition) is 1. The summed E-state index contributed by atoms with van der Waals surface area (Å²) in [5.41, 5.74) is 4.35. The molecule has 2 rings (SSSR count). The van der Waals surface area contributed by atoms with Gasteiger partial charge in [-0.05, 0) is 12.5 Å². The lowest BCUT2D eigenvalue weighted by molar-refractivity contribution is 0.743. The van der Waals surface area contributed by atoms with Crippen molar-refractivity contribution in [2.75, 3.05) is 0 Å². The van der Waals surface area contributed by atoms with Gasteiger partial charge in [0.05, 0.1) is 5.04 Å². The van der Waals surface area contributed by atoms with Gasteiger partial charge in [0.1, 0.15) is 5.37 Å². The molecule has 0 radical (unpaired) electrons. The van der Waals surface area contributed by atoms with E-state index in [0.29, 0.717) is 5.37 Å². The maximum absolute atomic E-state index is 4.12. The van der Waals surface area contributed by atoms with E-state index in [1.54, 1.807) is 11.8 Å². The van der Waals surface area contributed by atoms with E-state index in [2.05, 4.69) is 22.7 Å². The molecule has 1 heterocycles. The number of hydrogen-bond acceptors (Lipinski definition) is 3. The minimum atomic E-state index is 0.311. The highest BCUT2D eigenvalue weighted by molar-refractivity contribution is 8.14. The van der Waals surface area contributed by atoms with Gasteiger partial charge in [0.2, 0.25) is 0 Å². The Balaban J connectivity index is 2.14. The Labute approximate surface area is 76.1 Å². The van der Waals surface area contributed by atoms with Crippen LogP contribution in [0.25, 0.3) is 0 Å². The van der Waals surface area contributed by atoms with Crippen molar-refractivity contribution in [1.29, 1.82) is 0 Å². The summed E-state index contributed by atoms with van der Waals surface area (Å²) in [4.78, 5) is 0. The van der Waals surface area contributed by atoms with Gasteiger partial charge in [-0.3, -0.25) is 5.43 Å². The first-order chi connectivity index (χ1) is 5.86. The Morgan fingerprint density at radius 1 is 1.33 bits per heavy atom. The van der Waals surface area contributed by atoms with Crippen molar-refractivity contribution in [2.45, 2.75) is 12.3 Å². The van der Waals surface area contributed by atoms with E-state index >= 15 is 0 Å². The van der Waals surface area contributed by atoms with Crippen molar-refractivity contribution in [3.63, 3.8) is 0 Å². The molecule has 1 atom stereocenters. The zero-order valence-electron chi connectivity index (χ0n) is 6.82. The second-order valence-corrected chi connectivity index (χ2v) is 3.97. The normalized spacial score (nSPS) is 21.8. The lowest BCUT2D eigenvalue weighted by Crippen LogP contribution is -2.05. The lowest BCUT2D eigenvalue weighted by atomic mass is 10.2. The van der Waals surface area contributed by atoms with Crippen molar-refractivity contribution in [2.24, 2.45) is 5.10 Å². The predicted octanol–water partition coefficient (Wildman–Crippen LogP) is 2.36. The standard InChI is InChI=1S/C9H10N2S/c1-7-10-11-9(12-7)8-5-3-2-4-6-8/h2-6,9,11H,1H3. The third kappa shape index (κ3) is 1.46. The number of thioether (sulfide) groups is 1. The van der Waals surface area contributed by atoms with Crippen LogP contribution in [0.3, 0.4) is 0 Å². The molecule has 1 aromatic rings. The van der Waals surface area contributed by atoms with E-state index in [-0.39, 0.29) is 0 Å². The van der Waals surface area contributed by atoms with Crippen LogP contribution in [0, 0.1) is 0 Å². The zero-order valence-corrected chi connectivity index (χ0v) is 7.64. The third-order valence-electron chi connectivity index (χ3n) is 1.73. The molecule has 0 fully saturated rings. The number of nitrogens with zero attached hydrogens (tertiary/aromatic N) is 1. The van der Waals surface area contributed by atoms with Crippen molar-refractivity contribution >= 4 is 16.8 Å². The van der Waals surface area contributed by atoms with Gasteiger partial charge in [0.25, 0.3) is 0 Å². The number of rotatable bonds is 1. The fraction of sp³-hybridized carbons (Fsp3) is 0.222. The molecule has 0 amide bonds. The zero-order chi connectivity index (χ0) is 8.39. The van der Waals surface area contributed by atoms with Crippen LogP contribution >= 0.6 is 11.8 Å². The molecular formula is C9H10N2S. The average Bonchev–Trinajstić information content (AvgIpc) is 2.54. The summed E-state index contributed by atoms with van der Waals surface area (Å²) in [6.45, 7) is 2.01. The van der Waals surface area contributed by atoms with Gasteiger partial charge >= 0.3 is 0 Å². The molecule has 0 aliphatic carbocycles. The summed E-state index contributed by atoms with van der Waals surface area (Å²) in [6, 6.07) is 10.3. The molecule has 62 valence electrons. The van der Waals surface area contributed by atoms with Gasteiger partial charge in [-0.15, -0.1) is 0 Å². The first kappa shape index (κ1) is 7.68. The maximum atomic E-state index is 4.12. The summed E-state index contributed by atoms with van der Waals surface area (Å²) < 4.78 is 0. The molecule has 0 bridgehead atoms. The second-order valence-electron chi connectivity index (χ2n) is 2.67. The minimum Gasteiger partial charge on any atom is -0.291 e. The average molecular weight is 178 g/mol. The van der Waals surface area contributed by atoms with Gasteiger partial charge in [-0.2, -0.15) is 5.10 Å². The second kappa shape index (κ2) is 3.19. The predicted molar refractivity (Wildman–Crippen MR) is 53.0 cm³/mol. The summed E-state index contributed by atoms with van der Waals surface area (Å²) in [7, 11) is 0.